The fourth-order valence-corrected chi connectivity index (χ4v) is 1.15. The van der Waals surface area contributed by atoms with Gasteiger partial charge in [0.1, 0.15) is 0 Å². The number of carbonyl (C=O) groups is 1. The fourth-order valence-electron chi connectivity index (χ4n) is 1.15. The highest BCUT2D eigenvalue weighted by Gasteiger charge is 2.04. The van der Waals surface area contributed by atoms with Crippen molar-refractivity contribution in [3.8, 4) is 0 Å². The lowest BCUT2D eigenvalue weighted by molar-refractivity contribution is -0.143. The maximum atomic E-state index is 11.0. The lowest BCUT2D eigenvalue weighted by atomic mass is 10.3. The van der Waals surface area contributed by atoms with E-state index < -0.39 is 0 Å². The van der Waals surface area contributed by atoms with Crippen molar-refractivity contribution in [2.24, 2.45) is 0 Å². The minimum Gasteiger partial charge on any atom is -0.466 e. The van der Waals surface area contributed by atoms with E-state index in [-0.39, 0.29) is 5.97 Å². The number of esters is 1. The van der Waals surface area contributed by atoms with E-state index in [1.807, 2.05) is 21.0 Å². The molecule has 4 heteroatoms. The van der Waals surface area contributed by atoms with Crippen LogP contribution >= 0.6 is 0 Å². The number of hydrogen-bond donors (Lipinski definition) is 1. The molecule has 14 heavy (non-hydrogen) atoms. The Morgan fingerprint density at radius 2 is 2.14 bits per heavy atom. The Morgan fingerprint density at radius 3 is 2.71 bits per heavy atom. The topological polar surface area (TPSA) is 41.6 Å². The summed E-state index contributed by atoms with van der Waals surface area (Å²) in [6.07, 6.45) is 1.60. The van der Waals surface area contributed by atoms with Crippen molar-refractivity contribution in [1.82, 2.24) is 10.2 Å². The van der Waals surface area contributed by atoms with Crippen molar-refractivity contribution >= 4 is 5.97 Å². The van der Waals surface area contributed by atoms with E-state index in [9.17, 15) is 4.79 Å². The second kappa shape index (κ2) is 8.97. The molecule has 0 aromatic heterocycles. The Kier molecular flexibility index (Phi) is 8.57. The predicted molar refractivity (Wildman–Crippen MR) is 57.3 cm³/mol. The van der Waals surface area contributed by atoms with E-state index in [2.05, 4.69) is 10.2 Å². The molecule has 0 aliphatic heterocycles. The third-order valence-electron chi connectivity index (χ3n) is 1.97. The summed E-state index contributed by atoms with van der Waals surface area (Å²) in [6.45, 7) is 5.11. The quantitative estimate of drug-likeness (QED) is 0.459. The maximum absolute atomic E-state index is 11.0. The first kappa shape index (κ1) is 13.4. The molecule has 4 nitrogen and oxygen atoms in total. The molecule has 0 aliphatic carbocycles. The zero-order valence-corrected chi connectivity index (χ0v) is 9.51. The smallest absolute Gasteiger partial charge is 0.307 e. The van der Waals surface area contributed by atoms with Crippen LogP contribution in [0.3, 0.4) is 0 Å². The molecule has 0 atom stereocenters. The van der Waals surface area contributed by atoms with Gasteiger partial charge in [0, 0.05) is 6.54 Å². The Morgan fingerprint density at radius 1 is 1.43 bits per heavy atom. The van der Waals surface area contributed by atoms with Crippen LogP contribution in [0.2, 0.25) is 0 Å². The van der Waals surface area contributed by atoms with Gasteiger partial charge < -0.3 is 15.0 Å². The number of nitrogens with zero attached hydrogens (tertiary/aromatic N) is 1. The zero-order valence-electron chi connectivity index (χ0n) is 9.51. The van der Waals surface area contributed by atoms with E-state index in [0.717, 1.165) is 26.1 Å². The first-order chi connectivity index (χ1) is 6.70. The molecule has 0 spiro atoms. The minimum atomic E-state index is -0.104. The molecular formula is C10H22N2O2. The SMILES string of the molecule is CCOC(=O)CCN(C)CCCNC. The summed E-state index contributed by atoms with van der Waals surface area (Å²) in [7, 11) is 3.97. The normalized spacial score (nSPS) is 10.6. The molecule has 0 unspecified atom stereocenters. The van der Waals surface area contributed by atoms with Gasteiger partial charge in [-0.15, -0.1) is 0 Å². The largest absolute Gasteiger partial charge is 0.466 e. The standard InChI is InChI=1S/C10H22N2O2/c1-4-14-10(13)6-9-12(3)8-5-7-11-2/h11H,4-9H2,1-3H3. The Hall–Kier alpha value is -0.610. The van der Waals surface area contributed by atoms with E-state index in [1.165, 1.54) is 0 Å². The van der Waals surface area contributed by atoms with Crippen molar-refractivity contribution in [2.75, 3.05) is 40.3 Å². The van der Waals surface area contributed by atoms with Gasteiger partial charge in [-0.25, -0.2) is 0 Å². The van der Waals surface area contributed by atoms with Crippen molar-refractivity contribution in [2.45, 2.75) is 19.8 Å². The Labute approximate surface area is 86.6 Å². The van der Waals surface area contributed by atoms with Crippen LogP contribution in [0.4, 0.5) is 0 Å². The number of ether oxygens (including phenoxy) is 1. The molecule has 0 aromatic rings. The molecule has 0 saturated heterocycles. The number of hydrogen-bond acceptors (Lipinski definition) is 4. The second-order valence-corrected chi connectivity index (χ2v) is 3.32. The Balaban J connectivity index is 3.33. The van der Waals surface area contributed by atoms with Crippen molar-refractivity contribution in [3.63, 3.8) is 0 Å². The average molecular weight is 202 g/mol. The zero-order chi connectivity index (χ0) is 10.8. The third-order valence-corrected chi connectivity index (χ3v) is 1.97. The highest BCUT2D eigenvalue weighted by Crippen LogP contribution is 1.92. The summed E-state index contributed by atoms with van der Waals surface area (Å²) in [5.74, 6) is -0.104. The van der Waals surface area contributed by atoms with E-state index in [4.69, 9.17) is 4.74 Å². The van der Waals surface area contributed by atoms with Gasteiger partial charge in [-0.1, -0.05) is 0 Å². The summed E-state index contributed by atoms with van der Waals surface area (Å²) in [5.41, 5.74) is 0. The van der Waals surface area contributed by atoms with Gasteiger partial charge in [-0.05, 0) is 40.5 Å². The van der Waals surface area contributed by atoms with Gasteiger partial charge in [0.25, 0.3) is 0 Å². The van der Waals surface area contributed by atoms with Crippen LogP contribution < -0.4 is 5.32 Å². The van der Waals surface area contributed by atoms with Gasteiger partial charge in [0.05, 0.1) is 13.0 Å². The van der Waals surface area contributed by atoms with Crippen LogP contribution in [-0.2, 0) is 9.53 Å². The van der Waals surface area contributed by atoms with Gasteiger partial charge in [-0.3, -0.25) is 4.79 Å². The molecule has 0 fully saturated rings. The first-order valence-corrected chi connectivity index (χ1v) is 5.19. The molecule has 0 saturated carbocycles. The lowest BCUT2D eigenvalue weighted by Crippen LogP contribution is -2.25. The van der Waals surface area contributed by atoms with Crippen LogP contribution in [0.25, 0.3) is 0 Å². The molecule has 0 bridgehead atoms. The van der Waals surface area contributed by atoms with Crippen LogP contribution in [-0.4, -0.2) is 51.2 Å². The summed E-state index contributed by atoms with van der Waals surface area (Å²) in [6, 6.07) is 0. The molecule has 1 N–H and O–H groups in total. The second-order valence-electron chi connectivity index (χ2n) is 3.32. The van der Waals surface area contributed by atoms with Crippen molar-refractivity contribution in [3.05, 3.63) is 0 Å². The van der Waals surface area contributed by atoms with E-state index in [1.54, 1.807) is 0 Å². The summed E-state index contributed by atoms with van der Waals surface area (Å²) in [5, 5.41) is 3.09. The molecule has 0 aromatic carbocycles. The molecule has 0 rings (SSSR count). The van der Waals surface area contributed by atoms with Crippen LogP contribution in [0.15, 0.2) is 0 Å². The molecule has 0 aliphatic rings. The predicted octanol–water partition coefficient (Wildman–Crippen LogP) is 0.481. The first-order valence-electron chi connectivity index (χ1n) is 5.19. The van der Waals surface area contributed by atoms with Gasteiger partial charge in [-0.2, -0.15) is 0 Å². The number of nitrogens with one attached hydrogen (secondary N) is 1. The summed E-state index contributed by atoms with van der Waals surface area (Å²) >= 11 is 0. The van der Waals surface area contributed by atoms with Gasteiger partial charge in [0.15, 0.2) is 0 Å². The maximum Gasteiger partial charge on any atom is 0.307 e. The monoisotopic (exact) mass is 202 g/mol. The Bertz CT molecular complexity index is 151. The third kappa shape index (κ3) is 8.01. The molecule has 84 valence electrons. The highest BCUT2D eigenvalue weighted by atomic mass is 16.5. The highest BCUT2D eigenvalue weighted by molar-refractivity contribution is 5.69. The summed E-state index contributed by atoms with van der Waals surface area (Å²) < 4.78 is 4.84. The van der Waals surface area contributed by atoms with Crippen molar-refractivity contribution < 1.29 is 9.53 Å². The molecule has 0 heterocycles. The molecular weight excluding hydrogens is 180 g/mol. The number of rotatable bonds is 8. The van der Waals surface area contributed by atoms with Crippen LogP contribution in [0, 0.1) is 0 Å². The fraction of sp³-hybridized carbons (Fsp3) is 0.900. The molecule has 0 radical (unpaired) electrons. The summed E-state index contributed by atoms with van der Waals surface area (Å²) in [4.78, 5) is 13.2. The van der Waals surface area contributed by atoms with Crippen LogP contribution in [0.5, 0.6) is 0 Å². The van der Waals surface area contributed by atoms with E-state index in [0.29, 0.717) is 13.0 Å². The number of carbonyl (C=O) groups excluding carboxylic acids is 1. The van der Waals surface area contributed by atoms with Crippen LogP contribution in [0.1, 0.15) is 19.8 Å². The minimum absolute atomic E-state index is 0.104. The van der Waals surface area contributed by atoms with Gasteiger partial charge in [0.2, 0.25) is 0 Å². The average Bonchev–Trinajstić information content (AvgIpc) is 2.16. The van der Waals surface area contributed by atoms with E-state index >= 15 is 0 Å². The lowest BCUT2D eigenvalue weighted by Gasteiger charge is -2.15. The van der Waals surface area contributed by atoms with Gasteiger partial charge >= 0.3 is 5.97 Å². The van der Waals surface area contributed by atoms with Crippen molar-refractivity contribution in [1.29, 1.82) is 0 Å². The molecule has 0 amide bonds.